The van der Waals surface area contributed by atoms with Crippen LogP contribution in [0, 0.1) is 13.8 Å². The van der Waals surface area contributed by atoms with Crippen LogP contribution in [-0.4, -0.2) is 131 Å². The molecule has 0 amide bonds. The molecule has 1 unspecified atom stereocenters. The van der Waals surface area contributed by atoms with E-state index >= 15 is 0 Å². The predicted octanol–water partition coefficient (Wildman–Crippen LogP) is 9.80. The number of hydrogen-bond donors (Lipinski definition) is 3. The minimum atomic E-state index is -4.57. The fourth-order valence-corrected chi connectivity index (χ4v) is 20.4. The van der Waals surface area contributed by atoms with E-state index in [2.05, 4.69) is 68.5 Å². The zero-order chi connectivity index (χ0) is 94.8. The molecule has 708 valence electrons. The molecule has 9 aromatic carbocycles. The minimum absolute atomic E-state index is 0. The van der Waals surface area contributed by atoms with Crippen LogP contribution in [0.5, 0.6) is 17.2 Å². The van der Waals surface area contributed by atoms with Gasteiger partial charge in [-0.1, -0.05) is 156 Å². The van der Waals surface area contributed by atoms with Crippen molar-refractivity contribution in [3.63, 3.8) is 0 Å². The van der Waals surface area contributed by atoms with Gasteiger partial charge in [0, 0.05) is 89.4 Å². The van der Waals surface area contributed by atoms with E-state index in [4.69, 9.17) is 27.6 Å². The molecule has 1 atom stereocenters. The molecule has 0 saturated heterocycles. The molecule has 3 aliphatic rings. The molecule has 0 bridgehead atoms. The Labute approximate surface area is 902 Å². The van der Waals surface area contributed by atoms with Crippen molar-refractivity contribution in [2.24, 2.45) is 0 Å². The number of anilines is 3. The van der Waals surface area contributed by atoms with Crippen LogP contribution in [-0.2, 0) is 80.3 Å². The molecule has 0 aliphatic carbocycles. The number of rotatable bonds is 36. The van der Waals surface area contributed by atoms with E-state index in [0.717, 1.165) is 96.0 Å². The van der Waals surface area contributed by atoms with Crippen molar-refractivity contribution in [1.82, 2.24) is 0 Å². The van der Waals surface area contributed by atoms with Crippen LogP contribution in [0.25, 0.3) is 83.3 Å². The first-order valence-corrected chi connectivity index (χ1v) is 54.6. The number of oxazole rings is 2. The van der Waals surface area contributed by atoms with E-state index in [9.17, 15) is 73.3 Å². The number of allylic oxidation sites excluding steroid dienone is 6. The van der Waals surface area contributed by atoms with Crippen molar-refractivity contribution in [3.8, 4) is 28.4 Å². The summed E-state index contributed by atoms with van der Waals surface area (Å²) in [5.41, 5.74) is 13.1. The smallest absolute Gasteiger partial charge is 0.748 e. The van der Waals surface area contributed by atoms with Crippen molar-refractivity contribution < 1.29 is 225 Å². The van der Waals surface area contributed by atoms with Gasteiger partial charge in [-0.2, -0.15) is 39.0 Å². The molecule has 0 radical (unpaired) electrons. The summed E-state index contributed by atoms with van der Waals surface area (Å²) in [7, 11) is -25.5. The first-order valence-electron chi connectivity index (χ1n) is 42.8. The number of nitrogens with zero attached hydrogens (tertiary/aromatic N) is 6. The van der Waals surface area contributed by atoms with Crippen LogP contribution in [0.3, 0.4) is 0 Å². The monoisotopic (exact) mass is 2160 g/mol. The fourth-order valence-electron chi connectivity index (χ4n) is 15.5. The summed E-state index contributed by atoms with van der Waals surface area (Å²) in [6, 6.07) is 54.6. The zero-order valence-electron chi connectivity index (χ0n) is 76.1. The third kappa shape index (κ3) is 30.8. The van der Waals surface area contributed by atoms with E-state index < -0.39 is 83.2 Å². The van der Waals surface area contributed by atoms with Gasteiger partial charge in [0.15, 0.2) is 36.9 Å². The fraction of sp³-hybridized carbons (Fsp3) is 0.316. The Bertz CT molecular complexity index is 7320. The molecule has 0 spiro atoms. The van der Waals surface area contributed by atoms with Crippen LogP contribution in [0.15, 0.2) is 240 Å². The van der Waals surface area contributed by atoms with Crippen molar-refractivity contribution in [2.45, 2.75) is 144 Å². The van der Waals surface area contributed by atoms with Gasteiger partial charge in [0.2, 0.25) is 34.3 Å². The topological polar surface area (TPSA) is 410 Å². The van der Waals surface area contributed by atoms with Crippen molar-refractivity contribution in [3.05, 3.63) is 259 Å². The Morgan fingerprint density at radius 1 is 0.449 bits per heavy atom. The second kappa shape index (κ2) is 49.6. The van der Waals surface area contributed by atoms with Gasteiger partial charge in [0.25, 0.3) is 46.4 Å². The molecular weight excluding hydrogens is 2060 g/mol. The molecule has 15 rings (SSSR count). The molecule has 6 heterocycles. The van der Waals surface area contributed by atoms with E-state index in [1.807, 2.05) is 223 Å². The normalized spacial score (nSPS) is 14.7. The van der Waals surface area contributed by atoms with E-state index in [-0.39, 0.29) is 162 Å². The molecule has 41 heteroatoms. The van der Waals surface area contributed by atoms with Gasteiger partial charge < -0.3 is 51.4 Å². The van der Waals surface area contributed by atoms with Crippen LogP contribution >= 0.6 is 43.2 Å². The third-order valence-electron chi connectivity index (χ3n) is 22.5. The zero-order valence-corrected chi connectivity index (χ0v) is 92.1. The van der Waals surface area contributed by atoms with E-state index in [1.54, 1.807) is 20.8 Å². The maximum absolute atomic E-state index is 12.0. The van der Waals surface area contributed by atoms with Gasteiger partial charge in [0.05, 0.1) is 72.1 Å². The standard InChI is InChI=1S/C34H34N2O8S2.C33H36N2O7S3.C27H30Br2N2O8S2.CH4.K.2Na/c1-3-24(19-33-36(22-23(2)46(40,41)42)34-28-13-7-6-10-25(28)14-15-30(34)43-33)18-32-35(16-8-9-17-45(37,38)39)29-20-26-11-4-5-12-27(26)21-31(29)44-32;1-4-25(21-33-35(14-8-9-16-44(36,37)38)29-18-23(2)24(3)19-31(29)43-33)20-32-34(15-17-45(39,40)41)28-22-27(12-13-30(28)42-32)26-10-6-5-7-11-26;1-2-19(15-26-30(11-3-5-13-40(32,33)34)22-17-20(28)7-9-24(22)38-26)16-27-31(12-4-6-14-41(35,36)37)23-18-21(29)8-10-25(23)39-27;;;;/h4-7,10-15,18-21,23H,3,8-9,16-17,22H2,1-2H3,(H-,37,38,39,40,41,42);5-7,10-13,18-22H,4,8-9,14-17H2,1-3H3,(H-,36,37,38,39,40,41);7-10,15-18H,2-6,11-14H2,1H3,(H-,32,33,34,35,36,37);1H4;;;/q;;;;3*+1. The number of aryl methyl sites for hydroxylation is 4. The summed E-state index contributed by atoms with van der Waals surface area (Å²) in [6.45, 7) is 13.3. The van der Waals surface area contributed by atoms with Gasteiger partial charge >= 0.3 is 122 Å². The van der Waals surface area contributed by atoms with Gasteiger partial charge in [0.1, 0.15) is 20.1 Å². The first-order chi connectivity index (χ1) is 62.5. The Balaban J connectivity index is 0.000000226. The second-order valence-electron chi connectivity index (χ2n) is 32.2. The first kappa shape index (κ1) is 113. The van der Waals surface area contributed by atoms with E-state index in [1.165, 1.54) is 12.5 Å². The van der Waals surface area contributed by atoms with Gasteiger partial charge in [-0.15, -0.1) is 0 Å². The van der Waals surface area contributed by atoms with Crippen LogP contribution in [0.4, 0.5) is 17.1 Å². The minimum Gasteiger partial charge on any atom is -0.748 e. The number of aromatic nitrogens is 3. The maximum Gasteiger partial charge on any atom is 1.00 e. The number of benzene rings is 9. The summed E-state index contributed by atoms with van der Waals surface area (Å²) in [5.74, 6) is 2.50. The Morgan fingerprint density at radius 3 is 1.48 bits per heavy atom. The molecule has 3 aromatic heterocycles. The number of unbranched alkanes of at least 4 members (excludes halogenated alkanes) is 4. The van der Waals surface area contributed by atoms with Gasteiger partial charge in [-0.25, -0.2) is 25.3 Å². The van der Waals surface area contributed by atoms with Crippen molar-refractivity contribution in [2.75, 3.05) is 63.1 Å². The molecule has 0 fully saturated rings. The van der Waals surface area contributed by atoms with Crippen molar-refractivity contribution in [1.29, 1.82) is 0 Å². The number of hydrogen-bond acceptors (Lipinski definition) is 24. The molecule has 0 saturated carbocycles. The number of ether oxygens (including phenoxy) is 3. The van der Waals surface area contributed by atoms with Crippen LogP contribution in [0.1, 0.15) is 134 Å². The summed E-state index contributed by atoms with van der Waals surface area (Å²) in [6.07, 6.45) is 16.4. The molecule has 12 aromatic rings. The van der Waals surface area contributed by atoms with Crippen LogP contribution in [0.2, 0.25) is 0 Å². The summed E-state index contributed by atoms with van der Waals surface area (Å²) in [4.78, 5) is 5.72. The van der Waals surface area contributed by atoms with Crippen LogP contribution < -0.4 is 153 Å². The largest absolute Gasteiger partial charge is 1.00 e. The molecule has 3 aliphatic heterocycles. The predicted molar refractivity (Wildman–Crippen MR) is 524 cm³/mol. The summed E-state index contributed by atoms with van der Waals surface area (Å²) < 4.78 is 239. The quantitative estimate of drug-likeness (QED) is 0.0142. The van der Waals surface area contributed by atoms with E-state index in [0.29, 0.717) is 147 Å². The molecular formula is C95H104Br2KN6Na2O23S7+3. The Hall–Kier alpha value is -6.37. The van der Waals surface area contributed by atoms with Gasteiger partial charge in [-0.05, 0) is 206 Å². The SMILES string of the molecule is C.CCC(=C/c1oc2ccc(Br)cc2[n+]1CCCCS(=O)(=O)O)/C=C1/Oc2ccc(Br)cc2N1CCCCS(=O)(=O)[O-].CCC(=Cc1oc2ccc3ccccc3c2[n+]1CC(C)S(=O)(=O)[O-])C=C1Oc2cc3ccccc3cc2N1CCCCS(=O)(=O)O.CCC(=Cc1sc2cc(C)c(C)cc2[n+]1CCCCS(=O)(=O)[O-])C=C1Oc2ccc(-c3ccccc3)cc2N1CCS(=O)(=O)O.[K+].[Na+].[Na+]. The second-order valence-corrected chi connectivity index (χ2v) is 44.6. The Morgan fingerprint density at radius 2 is 0.904 bits per heavy atom. The maximum atomic E-state index is 12.0. The average molecular weight is 2170 g/mol. The summed E-state index contributed by atoms with van der Waals surface area (Å²) in [5, 5.41) is 3.61. The number of fused-ring (bicyclic) bond motifs is 9. The molecule has 136 heavy (non-hydrogen) atoms. The Kier molecular flexibility index (Phi) is 41.3. The number of halogens is 2. The number of thiazole rings is 1. The summed E-state index contributed by atoms with van der Waals surface area (Å²) >= 11 is 8.62. The van der Waals surface area contributed by atoms with Crippen molar-refractivity contribution >= 4 is 193 Å². The molecule has 3 N–H and O–H groups in total. The third-order valence-corrected chi connectivity index (χ3v) is 29.6. The average Bonchev–Trinajstić information content (AvgIpc) is 1.62. The van der Waals surface area contributed by atoms with Gasteiger partial charge in [-0.3, -0.25) is 13.7 Å². The molecule has 29 nitrogen and oxygen atoms in total.